The highest BCUT2D eigenvalue weighted by molar-refractivity contribution is 5.14. The highest BCUT2D eigenvalue weighted by Crippen LogP contribution is 2.10. The smallest absolute Gasteiger partial charge is 0.101 e. The summed E-state index contributed by atoms with van der Waals surface area (Å²) < 4.78 is 0. The van der Waals surface area contributed by atoms with E-state index in [2.05, 4.69) is 37.3 Å². The van der Waals surface area contributed by atoms with Crippen molar-refractivity contribution in [3.63, 3.8) is 0 Å². The Bertz CT molecular complexity index is 372. The molecule has 1 unspecified atom stereocenters. The molecule has 2 N–H and O–H groups in total. The van der Waals surface area contributed by atoms with E-state index >= 15 is 0 Å². The monoisotopic (exact) mass is 369 g/mol. The third-order valence-corrected chi connectivity index (χ3v) is 4.96. The number of benzene rings is 1. The van der Waals surface area contributed by atoms with E-state index in [1.165, 1.54) is 76.3 Å². The van der Waals surface area contributed by atoms with Crippen molar-refractivity contribution >= 4 is 0 Å². The van der Waals surface area contributed by atoms with Crippen molar-refractivity contribution in [2.45, 2.75) is 77.6 Å². The Morgan fingerprint density at radius 1 is 0.720 bits per heavy atom. The minimum Gasteiger partial charge on any atom is -1.00 e. The number of halogens is 1. The van der Waals surface area contributed by atoms with Crippen LogP contribution in [0.5, 0.6) is 0 Å². The van der Waals surface area contributed by atoms with Crippen LogP contribution in [-0.2, 0) is 6.42 Å². The Kier molecular flexibility index (Phi) is 17.8. The van der Waals surface area contributed by atoms with Crippen molar-refractivity contribution in [2.24, 2.45) is 0 Å². The summed E-state index contributed by atoms with van der Waals surface area (Å²) in [5, 5.41) is 9.27. The van der Waals surface area contributed by atoms with E-state index < -0.39 is 0 Å². The molecule has 0 aromatic heterocycles. The lowest BCUT2D eigenvalue weighted by atomic mass is 10.1. The Morgan fingerprint density at radius 3 is 1.84 bits per heavy atom. The number of nitrogens with one attached hydrogen (secondary N) is 1. The molecular formula is C22H40ClNO. The zero-order valence-electron chi connectivity index (χ0n) is 16.3. The van der Waals surface area contributed by atoms with E-state index in [4.69, 9.17) is 0 Å². The summed E-state index contributed by atoms with van der Waals surface area (Å²) in [6.07, 6.45) is 15.0. The van der Waals surface area contributed by atoms with Crippen molar-refractivity contribution in [3.8, 4) is 0 Å². The maximum Gasteiger partial charge on any atom is 0.101 e. The summed E-state index contributed by atoms with van der Waals surface area (Å²) in [5.74, 6) is 0. The molecule has 25 heavy (non-hydrogen) atoms. The molecule has 1 aromatic rings. The van der Waals surface area contributed by atoms with E-state index in [1.54, 1.807) is 4.90 Å². The predicted octanol–water partition coefficient (Wildman–Crippen LogP) is 1.03. The lowest BCUT2D eigenvalue weighted by Gasteiger charge is -2.18. The number of quaternary nitrogens is 1. The lowest BCUT2D eigenvalue weighted by Crippen LogP contribution is -3.12. The van der Waals surface area contributed by atoms with Crippen molar-refractivity contribution in [1.82, 2.24) is 0 Å². The average Bonchev–Trinajstić information content (AvgIpc) is 2.62. The van der Waals surface area contributed by atoms with Crippen LogP contribution in [-0.4, -0.2) is 31.3 Å². The van der Waals surface area contributed by atoms with Crippen molar-refractivity contribution in [3.05, 3.63) is 35.9 Å². The standard InChI is InChI=1S/C22H39NO.ClH/c1-2-3-4-5-6-7-8-9-10-14-18-23(20-21-24)19-17-22-15-12-11-13-16-22;/h11-13,15-16,24H,2-10,14,17-21H2,1H3;1H. The van der Waals surface area contributed by atoms with Crippen LogP contribution in [0, 0.1) is 0 Å². The molecular weight excluding hydrogens is 330 g/mol. The molecule has 1 aromatic carbocycles. The molecule has 0 aliphatic heterocycles. The molecule has 0 fully saturated rings. The van der Waals surface area contributed by atoms with Gasteiger partial charge in [-0.15, -0.1) is 0 Å². The molecule has 1 atom stereocenters. The molecule has 2 nitrogen and oxygen atoms in total. The Labute approximate surface area is 162 Å². The fraction of sp³-hybridized carbons (Fsp3) is 0.727. The summed E-state index contributed by atoms with van der Waals surface area (Å²) in [5.41, 5.74) is 1.41. The molecule has 0 spiro atoms. The van der Waals surface area contributed by atoms with Gasteiger partial charge in [-0.05, 0) is 18.4 Å². The third kappa shape index (κ3) is 14.3. The first-order chi connectivity index (χ1) is 11.9. The molecule has 0 heterocycles. The predicted molar refractivity (Wildman–Crippen MR) is 105 cm³/mol. The van der Waals surface area contributed by atoms with Gasteiger partial charge in [-0.2, -0.15) is 0 Å². The molecule has 0 aliphatic carbocycles. The highest BCUT2D eigenvalue weighted by Gasteiger charge is 2.07. The van der Waals surface area contributed by atoms with Crippen LogP contribution in [0.1, 0.15) is 76.7 Å². The Hall–Kier alpha value is -0.570. The molecule has 3 heteroatoms. The van der Waals surface area contributed by atoms with Crippen LogP contribution >= 0.6 is 0 Å². The van der Waals surface area contributed by atoms with Gasteiger partial charge in [0.05, 0.1) is 19.7 Å². The molecule has 0 amide bonds. The molecule has 0 saturated heterocycles. The quantitative estimate of drug-likeness (QED) is 0.418. The second-order valence-corrected chi connectivity index (χ2v) is 7.14. The van der Waals surface area contributed by atoms with Gasteiger partial charge in [0.1, 0.15) is 6.54 Å². The van der Waals surface area contributed by atoms with Crippen LogP contribution in [0.4, 0.5) is 0 Å². The fourth-order valence-corrected chi connectivity index (χ4v) is 3.36. The first-order valence-electron chi connectivity index (χ1n) is 10.3. The average molecular weight is 370 g/mol. The maximum absolute atomic E-state index is 9.27. The second-order valence-electron chi connectivity index (χ2n) is 7.14. The first-order valence-corrected chi connectivity index (χ1v) is 10.3. The van der Waals surface area contributed by atoms with E-state index in [9.17, 15) is 5.11 Å². The van der Waals surface area contributed by atoms with Gasteiger partial charge in [0.25, 0.3) is 0 Å². The van der Waals surface area contributed by atoms with Crippen LogP contribution in [0.2, 0.25) is 0 Å². The topological polar surface area (TPSA) is 24.7 Å². The van der Waals surface area contributed by atoms with E-state index in [0.29, 0.717) is 6.61 Å². The fourth-order valence-electron chi connectivity index (χ4n) is 3.36. The highest BCUT2D eigenvalue weighted by atomic mass is 35.5. The number of hydrogen-bond acceptors (Lipinski definition) is 1. The number of unbranched alkanes of at least 4 members (excludes halogenated alkanes) is 9. The minimum atomic E-state index is 0. The molecule has 0 radical (unpaired) electrons. The van der Waals surface area contributed by atoms with Crippen molar-refractivity contribution in [2.75, 3.05) is 26.2 Å². The zero-order chi connectivity index (χ0) is 17.3. The van der Waals surface area contributed by atoms with Crippen LogP contribution in [0.15, 0.2) is 30.3 Å². The Balaban J connectivity index is 0.00000576. The third-order valence-electron chi connectivity index (χ3n) is 4.96. The summed E-state index contributed by atoms with van der Waals surface area (Å²) in [4.78, 5) is 1.56. The first kappa shape index (κ1) is 24.4. The van der Waals surface area contributed by atoms with Crippen molar-refractivity contribution in [1.29, 1.82) is 0 Å². The maximum atomic E-state index is 9.27. The zero-order valence-corrected chi connectivity index (χ0v) is 17.1. The normalized spacial score (nSPS) is 11.9. The molecule has 0 bridgehead atoms. The number of hydrogen-bond donors (Lipinski definition) is 2. The van der Waals surface area contributed by atoms with E-state index in [1.807, 2.05) is 0 Å². The summed E-state index contributed by atoms with van der Waals surface area (Å²) in [6.45, 7) is 5.83. The minimum absolute atomic E-state index is 0. The van der Waals surface area contributed by atoms with E-state index in [0.717, 1.165) is 19.5 Å². The van der Waals surface area contributed by atoms with Gasteiger partial charge in [0, 0.05) is 6.42 Å². The second kappa shape index (κ2) is 18.2. The largest absolute Gasteiger partial charge is 1.00 e. The molecule has 0 saturated carbocycles. The van der Waals surface area contributed by atoms with Crippen LogP contribution in [0.3, 0.4) is 0 Å². The van der Waals surface area contributed by atoms with Crippen LogP contribution < -0.4 is 17.3 Å². The number of aliphatic hydroxyl groups is 1. The van der Waals surface area contributed by atoms with Crippen molar-refractivity contribution < 1.29 is 22.4 Å². The summed E-state index contributed by atoms with van der Waals surface area (Å²) >= 11 is 0. The van der Waals surface area contributed by atoms with Gasteiger partial charge in [-0.3, -0.25) is 0 Å². The number of rotatable bonds is 16. The SMILES string of the molecule is CCCCCCCCCCCC[NH+](CCO)CCc1ccccc1.[Cl-]. The van der Waals surface area contributed by atoms with E-state index in [-0.39, 0.29) is 12.4 Å². The Morgan fingerprint density at radius 2 is 1.28 bits per heavy atom. The van der Waals surface area contributed by atoms with Gasteiger partial charge in [-0.25, -0.2) is 0 Å². The lowest BCUT2D eigenvalue weighted by molar-refractivity contribution is -0.900. The molecule has 0 aliphatic rings. The molecule has 146 valence electrons. The summed E-state index contributed by atoms with van der Waals surface area (Å²) in [6, 6.07) is 10.7. The van der Waals surface area contributed by atoms with Gasteiger partial charge in [0.2, 0.25) is 0 Å². The van der Waals surface area contributed by atoms with Gasteiger partial charge >= 0.3 is 0 Å². The number of aliphatic hydroxyl groups excluding tert-OH is 1. The summed E-state index contributed by atoms with van der Waals surface area (Å²) in [7, 11) is 0. The molecule has 1 rings (SSSR count). The van der Waals surface area contributed by atoms with Gasteiger partial charge in [0.15, 0.2) is 0 Å². The van der Waals surface area contributed by atoms with Gasteiger partial charge < -0.3 is 22.4 Å². The van der Waals surface area contributed by atoms with Gasteiger partial charge in [-0.1, -0.05) is 88.6 Å². The van der Waals surface area contributed by atoms with Crippen LogP contribution in [0.25, 0.3) is 0 Å².